The van der Waals surface area contributed by atoms with Crippen LogP contribution in [-0.2, 0) is 9.53 Å². The molecule has 0 aliphatic carbocycles. The summed E-state index contributed by atoms with van der Waals surface area (Å²) in [6.45, 7) is 1.85. The number of rotatable bonds is 3. The first-order valence-corrected chi connectivity index (χ1v) is 7.62. The van der Waals surface area contributed by atoms with Crippen molar-refractivity contribution in [3.05, 3.63) is 42.2 Å². The van der Waals surface area contributed by atoms with E-state index >= 15 is 0 Å². The summed E-state index contributed by atoms with van der Waals surface area (Å²) >= 11 is 0. The molecular weight excluding hydrogens is 365 g/mol. The minimum atomic E-state index is -0.312. The summed E-state index contributed by atoms with van der Waals surface area (Å²) in [6, 6.07) is 7.47. The van der Waals surface area contributed by atoms with Gasteiger partial charge < -0.3 is 15.0 Å². The van der Waals surface area contributed by atoms with E-state index in [1.54, 1.807) is 17.3 Å². The normalized spacial score (nSPS) is 16.5. The zero-order valence-electron chi connectivity index (χ0n) is 13.8. The monoisotopic (exact) mass is 385 g/mol. The van der Waals surface area contributed by atoms with Crippen molar-refractivity contribution in [3.63, 3.8) is 0 Å². The summed E-state index contributed by atoms with van der Waals surface area (Å²) in [7, 11) is 1.36. The van der Waals surface area contributed by atoms with E-state index in [0.717, 1.165) is 10.8 Å². The molecule has 2 aromatic rings. The Morgan fingerprint density at radius 3 is 2.80 bits per heavy atom. The van der Waals surface area contributed by atoms with Crippen LogP contribution in [0.1, 0.15) is 16.8 Å². The summed E-state index contributed by atoms with van der Waals surface area (Å²) < 4.78 is 4.74. The molecule has 1 fully saturated rings. The van der Waals surface area contributed by atoms with Crippen LogP contribution in [-0.4, -0.2) is 54.5 Å². The number of halogens is 2. The Balaban J connectivity index is 0.00000156. The average molecular weight is 386 g/mol. The molecule has 1 saturated heterocycles. The molecule has 1 atom stereocenters. The van der Waals surface area contributed by atoms with Gasteiger partial charge in [0.1, 0.15) is 0 Å². The van der Waals surface area contributed by atoms with Gasteiger partial charge in [0.15, 0.2) is 0 Å². The maximum absolute atomic E-state index is 13.0. The molecule has 1 aliphatic heterocycles. The maximum atomic E-state index is 13.0. The molecule has 8 heteroatoms. The van der Waals surface area contributed by atoms with E-state index in [1.807, 2.05) is 24.3 Å². The summed E-state index contributed by atoms with van der Waals surface area (Å²) in [5, 5.41) is 5.03. The van der Waals surface area contributed by atoms with Crippen LogP contribution in [0, 0.1) is 0 Å². The lowest BCUT2D eigenvalue weighted by molar-refractivity contribution is -0.141. The first-order valence-electron chi connectivity index (χ1n) is 7.62. The number of fused-ring (bicyclic) bond motifs is 1. The van der Waals surface area contributed by atoms with E-state index in [0.29, 0.717) is 25.2 Å². The highest BCUT2D eigenvalue weighted by molar-refractivity contribution is 6.06. The minimum absolute atomic E-state index is 0. The largest absolute Gasteiger partial charge is 0.469 e. The third-order valence-electron chi connectivity index (χ3n) is 4.14. The topological polar surface area (TPSA) is 71.5 Å². The number of piperazine rings is 1. The molecule has 0 bridgehead atoms. The number of ether oxygens (including phenoxy) is 1. The molecule has 1 aliphatic rings. The zero-order chi connectivity index (χ0) is 16.2. The van der Waals surface area contributed by atoms with Crippen LogP contribution in [0.15, 0.2) is 36.7 Å². The van der Waals surface area contributed by atoms with Crippen molar-refractivity contribution in [3.8, 4) is 0 Å². The molecule has 136 valence electrons. The van der Waals surface area contributed by atoms with Crippen molar-refractivity contribution in [2.75, 3.05) is 26.7 Å². The van der Waals surface area contributed by atoms with Crippen molar-refractivity contribution < 1.29 is 14.3 Å². The van der Waals surface area contributed by atoms with Gasteiger partial charge in [0.2, 0.25) is 0 Å². The summed E-state index contributed by atoms with van der Waals surface area (Å²) in [5.74, 6) is -0.405. The minimum Gasteiger partial charge on any atom is -0.469 e. The Labute approximate surface area is 158 Å². The first kappa shape index (κ1) is 21.2. The lowest BCUT2D eigenvalue weighted by Gasteiger charge is -2.35. The number of esters is 1. The second kappa shape index (κ2) is 9.56. The Bertz CT molecular complexity index is 737. The number of methoxy groups -OCH3 is 1. The third-order valence-corrected chi connectivity index (χ3v) is 4.14. The number of hydrogen-bond donors (Lipinski definition) is 1. The van der Waals surface area contributed by atoms with E-state index < -0.39 is 0 Å². The summed E-state index contributed by atoms with van der Waals surface area (Å²) in [5.41, 5.74) is 0.569. The Morgan fingerprint density at radius 2 is 2.04 bits per heavy atom. The molecule has 1 aromatic heterocycles. The number of pyridine rings is 1. The highest BCUT2D eigenvalue weighted by Crippen LogP contribution is 2.21. The van der Waals surface area contributed by atoms with Crippen molar-refractivity contribution >= 4 is 47.5 Å². The van der Waals surface area contributed by atoms with Crippen LogP contribution < -0.4 is 5.32 Å². The van der Waals surface area contributed by atoms with Crippen LogP contribution >= 0.6 is 24.8 Å². The quantitative estimate of drug-likeness (QED) is 0.818. The van der Waals surface area contributed by atoms with Gasteiger partial charge in [-0.2, -0.15) is 0 Å². The van der Waals surface area contributed by atoms with Gasteiger partial charge in [-0.3, -0.25) is 14.6 Å². The van der Waals surface area contributed by atoms with Gasteiger partial charge in [0.05, 0.1) is 25.1 Å². The van der Waals surface area contributed by atoms with Gasteiger partial charge in [-0.25, -0.2) is 0 Å². The van der Waals surface area contributed by atoms with E-state index in [4.69, 9.17) is 4.74 Å². The second-order valence-electron chi connectivity index (χ2n) is 5.54. The Morgan fingerprint density at radius 1 is 1.28 bits per heavy atom. The fraction of sp³-hybridized carbons (Fsp3) is 0.353. The van der Waals surface area contributed by atoms with Crippen LogP contribution in [0.25, 0.3) is 10.8 Å². The van der Waals surface area contributed by atoms with Crippen molar-refractivity contribution in [2.24, 2.45) is 0 Å². The van der Waals surface area contributed by atoms with Crippen LogP contribution in [0.3, 0.4) is 0 Å². The lowest BCUT2D eigenvalue weighted by atomic mass is 10.0. The number of nitrogens with zero attached hydrogens (tertiary/aromatic N) is 2. The molecule has 0 radical (unpaired) electrons. The molecule has 3 rings (SSSR count). The number of benzene rings is 1. The number of carbonyl (C=O) groups excluding carboxylic acids is 2. The predicted molar refractivity (Wildman–Crippen MR) is 101 cm³/mol. The average Bonchev–Trinajstić information content (AvgIpc) is 2.61. The van der Waals surface area contributed by atoms with E-state index in [-0.39, 0.29) is 49.2 Å². The molecule has 1 amide bonds. The van der Waals surface area contributed by atoms with Crippen LogP contribution in [0.2, 0.25) is 0 Å². The predicted octanol–water partition coefficient (Wildman–Crippen LogP) is 2.06. The van der Waals surface area contributed by atoms with E-state index in [9.17, 15) is 9.59 Å². The van der Waals surface area contributed by atoms with Crippen molar-refractivity contribution in [1.82, 2.24) is 15.2 Å². The molecular formula is C17H21Cl2N3O3. The number of aromatic nitrogens is 1. The summed E-state index contributed by atoms with van der Waals surface area (Å²) in [4.78, 5) is 30.5. The van der Waals surface area contributed by atoms with Gasteiger partial charge in [0, 0.05) is 37.4 Å². The van der Waals surface area contributed by atoms with E-state index in [1.165, 1.54) is 7.11 Å². The molecule has 25 heavy (non-hydrogen) atoms. The maximum Gasteiger partial charge on any atom is 0.307 e. The highest BCUT2D eigenvalue weighted by atomic mass is 35.5. The first-order chi connectivity index (χ1) is 11.2. The zero-order valence-corrected chi connectivity index (χ0v) is 15.4. The van der Waals surface area contributed by atoms with E-state index in [2.05, 4.69) is 10.3 Å². The Hall–Kier alpha value is -1.89. The number of amides is 1. The lowest BCUT2D eigenvalue weighted by Crippen LogP contribution is -2.54. The Kier molecular flexibility index (Phi) is 8.09. The number of nitrogens with one attached hydrogen (secondary N) is 1. The van der Waals surface area contributed by atoms with Crippen molar-refractivity contribution in [1.29, 1.82) is 0 Å². The SMILES string of the molecule is COC(=O)CC1CNCCN1C(=O)c1cncc2ccccc12.Cl.Cl. The molecule has 2 heterocycles. The molecule has 0 saturated carbocycles. The second-order valence-corrected chi connectivity index (χ2v) is 5.54. The standard InChI is InChI=1S/C17H19N3O3.2ClH/c1-23-16(21)8-13-10-18-6-7-20(13)17(22)15-11-19-9-12-4-2-3-5-14(12)15;;/h2-5,9,11,13,18H,6-8,10H2,1H3;2*1H. The highest BCUT2D eigenvalue weighted by Gasteiger charge is 2.30. The molecule has 6 nitrogen and oxygen atoms in total. The molecule has 0 spiro atoms. The van der Waals surface area contributed by atoms with Gasteiger partial charge in [-0.1, -0.05) is 24.3 Å². The third kappa shape index (κ3) is 4.60. The van der Waals surface area contributed by atoms with Gasteiger partial charge in [0.25, 0.3) is 5.91 Å². The van der Waals surface area contributed by atoms with Gasteiger partial charge in [-0.15, -0.1) is 24.8 Å². The fourth-order valence-corrected chi connectivity index (χ4v) is 2.93. The van der Waals surface area contributed by atoms with Crippen molar-refractivity contribution in [2.45, 2.75) is 12.5 Å². The number of hydrogen-bond acceptors (Lipinski definition) is 5. The molecule has 1 N–H and O–H groups in total. The smallest absolute Gasteiger partial charge is 0.307 e. The van der Waals surface area contributed by atoms with Crippen LogP contribution in [0.5, 0.6) is 0 Å². The van der Waals surface area contributed by atoms with Gasteiger partial charge in [-0.05, 0) is 5.39 Å². The molecule has 1 unspecified atom stereocenters. The summed E-state index contributed by atoms with van der Waals surface area (Å²) in [6.07, 6.45) is 3.53. The van der Waals surface area contributed by atoms with Crippen LogP contribution in [0.4, 0.5) is 0 Å². The molecule has 1 aromatic carbocycles. The fourth-order valence-electron chi connectivity index (χ4n) is 2.93. The van der Waals surface area contributed by atoms with Gasteiger partial charge >= 0.3 is 5.97 Å². The number of carbonyl (C=O) groups is 2.